The van der Waals surface area contributed by atoms with Crippen molar-refractivity contribution >= 4 is 38.1 Å². The number of alkyl halides is 3. The zero-order chi connectivity index (χ0) is 31.7. The molecule has 0 saturated heterocycles. The maximum atomic E-state index is 12.8. The van der Waals surface area contributed by atoms with E-state index in [0.717, 1.165) is 0 Å². The third-order valence-corrected chi connectivity index (χ3v) is 7.66. The summed E-state index contributed by atoms with van der Waals surface area (Å²) in [4.78, 5) is 20.8. The zero-order valence-corrected chi connectivity index (χ0v) is 23.2. The van der Waals surface area contributed by atoms with Crippen LogP contribution in [0.3, 0.4) is 0 Å². The Kier molecular flexibility index (Phi) is 11.3. The first-order valence-corrected chi connectivity index (χ1v) is 14.8. The van der Waals surface area contributed by atoms with Gasteiger partial charge in [-0.3, -0.25) is 4.79 Å². The molecule has 17 heteroatoms. The summed E-state index contributed by atoms with van der Waals surface area (Å²) in [5, 5.41) is 15.9. The minimum Gasteiger partial charge on any atom is -0.475 e. The summed E-state index contributed by atoms with van der Waals surface area (Å²) in [6, 6.07) is 18.3. The molecule has 0 fully saturated rings. The molecule has 0 heterocycles. The lowest BCUT2D eigenvalue weighted by Crippen LogP contribution is -2.46. The highest BCUT2D eigenvalue weighted by molar-refractivity contribution is 7.89. The molecule has 0 aliphatic rings. The molecule has 42 heavy (non-hydrogen) atoms. The second kappa shape index (κ2) is 14.0. The Morgan fingerprint density at radius 3 is 2.07 bits per heavy atom. The predicted molar refractivity (Wildman–Crippen MR) is 148 cm³/mol. The molecule has 12 nitrogen and oxygen atoms in total. The molecule has 0 aromatic heterocycles. The number of carboxylic acids is 1. The van der Waals surface area contributed by atoms with Crippen molar-refractivity contribution in [1.82, 2.24) is 4.72 Å². The number of hydrogen-bond acceptors (Lipinski definition) is 8. The number of rotatable bonds is 10. The largest absolute Gasteiger partial charge is 0.490 e. The van der Waals surface area contributed by atoms with E-state index in [1.807, 2.05) is 0 Å². The maximum absolute atomic E-state index is 12.8. The molecule has 1 atom stereocenters. The van der Waals surface area contributed by atoms with Gasteiger partial charge in [-0.1, -0.05) is 66.7 Å². The standard InChI is InChI=1S/C23H25N5O5S2.C2HF3O2/c24-23(29)21(13-17-4-3-5-18(12-17)14-27-25)28-34(30,31)15-16-8-10-19(11-9-16)20-6-1-2-7-22(20)35(26,32)33;3-2(4,5)1(6)7/h1-12,14,21,28H,13,15,25H2,(H2,24,29)(H2,26,32,33);(H,6,7)/b27-14-;. The molecule has 3 aromatic carbocycles. The van der Waals surface area contributed by atoms with Crippen LogP contribution < -0.4 is 21.4 Å². The average Bonchev–Trinajstić information content (AvgIpc) is 2.88. The normalized spacial score (nSPS) is 12.8. The third kappa shape index (κ3) is 10.6. The van der Waals surface area contributed by atoms with E-state index in [1.165, 1.54) is 12.3 Å². The molecule has 0 aliphatic heterocycles. The molecule has 0 aliphatic carbocycles. The Hall–Kier alpha value is -4.32. The summed E-state index contributed by atoms with van der Waals surface area (Å²) < 4.78 is 83.3. The van der Waals surface area contributed by atoms with Gasteiger partial charge in [0.05, 0.1) is 16.9 Å². The summed E-state index contributed by atoms with van der Waals surface area (Å²) >= 11 is 0. The number of nitrogens with zero attached hydrogens (tertiary/aromatic N) is 1. The van der Waals surface area contributed by atoms with Gasteiger partial charge in [-0.25, -0.2) is 31.5 Å². The van der Waals surface area contributed by atoms with Gasteiger partial charge in [0.25, 0.3) is 0 Å². The molecule has 3 aromatic rings. The van der Waals surface area contributed by atoms with Crippen molar-refractivity contribution in [3.05, 3.63) is 89.5 Å². The number of hydrogen-bond donors (Lipinski definition) is 5. The number of carboxylic acid groups (broad SMARTS) is 1. The summed E-state index contributed by atoms with van der Waals surface area (Å²) in [5.74, 6) is 1.17. The SMILES string of the molecule is N/N=C\c1cccc(CC(NS(=O)(=O)Cc2ccc(-c3ccccc3S(N)(=O)=O)cc2)C(N)=O)c1.O=C(O)C(F)(F)F. The highest BCUT2D eigenvalue weighted by atomic mass is 32.2. The lowest BCUT2D eigenvalue weighted by atomic mass is 10.0. The number of sulfonamides is 2. The molecule has 0 spiro atoms. The molecule has 0 bridgehead atoms. The van der Waals surface area contributed by atoms with Gasteiger partial charge in [0.15, 0.2) is 0 Å². The van der Waals surface area contributed by atoms with E-state index in [2.05, 4.69) is 9.82 Å². The minimum atomic E-state index is -5.08. The van der Waals surface area contributed by atoms with Crippen LogP contribution in [0.1, 0.15) is 16.7 Å². The van der Waals surface area contributed by atoms with Crippen molar-refractivity contribution in [2.24, 2.45) is 21.8 Å². The van der Waals surface area contributed by atoms with Gasteiger partial charge in [-0.05, 0) is 34.7 Å². The molecule has 1 unspecified atom stereocenters. The smallest absolute Gasteiger partial charge is 0.475 e. The number of carbonyl (C=O) groups is 2. The number of nitrogens with one attached hydrogen (secondary N) is 1. The van der Waals surface area contributed by atoms with Crippen LogP contribution in [0.25, 0.3) is 11.1 Å². The molecule has 0 radical (unpaired) electrons. The second-order valence-electron chi connectivity index (χ2n) is 8.60. The number of aliphatic carboxylic acids is 1. The van der Waals surface area contributed by atoms with Crippen molar-refractivity contribution in [2.75, 3.05) is 0 Å². The maximum Gasteiger partial charge on any atom is 0.490 e. The molecule has 8 N–H and O–H groups in total. The molecule has 3 rings (SSSR count). The fourth-order valence-corrected chi connectivity index (χ4v) is 5.64. The number of amides is 1. The monoisotopic (exact) mass is 629 g/mol. The van der Waals surface area contributed by atoms with Crippen LogP contribution in [-0.4, -0.2) is 52.3 Å². The van der Waals surface area contributed by atoms with Crippen molar-refractivity contribution in [3.8, 4) is 11.1 Å². The fourth-order valence-electron chi connectivity index (χ4n) is 3.53. The van der Waals surface area contributed by atoms with E-state index in [0.29, 0.717) is 27.8 Å². The lowest BCUT2D eigenvalue weighted by molar-refractivity contribution is -0.192. The molecule has 0 saturated carbocycles. The van der Waals surface area contributed by atoms with Gasteiger partial charge in [-0.15, -0.1) is 0 Å². The van der Waals surface area contributed by atoms with Crippen molar-refractivity contribution in [3.63, 3.8) is 0 Å². The third-order valence-electron chi connectivity index (χ3n) is 5.34. The topological polar surface area (TPSA) is 225 Å². The first-order chi connectivity index (χ1) is 19.4. The second-order valence-corrected chi connectivity index (χ2v) is 11.9. The summed E-state index contributed by atoms with van der Waals surface area (Å²) in [5.41, 5.74) is 8.20. The van der Waals surface area contributed by atoms with Gasteiger partial charge in [0.1, 0.15) is 6.04 Å². The lowest BCUT2D eigenvalue weighted by Gasteiger charge is -2.16. The Bertz CT molecular complexity index is 1660. The van der Waals surface area contributed by atoms with Crippen LogP contribution in [0.15, 0.2) is 82.8 Å². The average molecular weight is 630 g/mol. The van der Waals surface area contributed by atoms with E-state index in [9.17, 15) is 34.8 Å². The first-order valence-electron chi connectivity index (χ1n) is 11.6. The summed E-state index contributed by atoms with van der Waals surface area (Å²) in [6.45, 7) is 0. The van der Waals surface area contributed by atoms with E-state index in [-0.39, 0.29) is 11.3 Å². The number of hydrazone groups is 1. The number of nitrogens with two attached hydrogens (primary N) is 3. The van der Waals surface area contributed by atoms with Crippen LogP contribution in [0.4, 0.5) is 13.2 Å². The quantitative estimate of drug-likeness (QED) is 0.125. The number of primary sulfonamides is 1. The van der Waals surface area contributed by atoms with Crippen molar-refractivity contribution < 1.29 is 44.7 Å². The Labute approximate surface area is 239 Å². The van der Waals surface area contributed by atoms with Gasteiger partial charge in [0.2, 0.25) is 26.0 Å². The van der Waals surface area contributed by atoms with Crippen molar-refractivity contribution in [2.45, 2.75) is 29.3 Å². The highest BCUT2D eigenvalue weighted by Crippen LogP contribution is 2.27. The van der Waals surface area contributed by atoms with E-state index in [4.69, 9.17) is 26.6 Å². The van der Waals surface area contributed by atoms with Gasteiger partial charge in [0, 0.05) is 5.56 Å². The van der Waals surface area contributed by atoms with Gasteiger partial charge < -0.3 is 16.7 Å². The summed E-state index contributed by atoms with van der Waals surface area (Å²) in [7, 11) is -7.88. The van der Waals surface area contributed by atoms with Crippen LogP contribution >= 0.6 is 0 Å². The number of carbonyl (C=O) groups excluding carboxylic acids is 1. The fraction of sp³-hybridized carbons (Fsp3) is 0.160. The number of primary amides is 1. The molecule has 1 amide bonds. The molecular weight excluding hydrogens is 603 g/mol. The number of benzene rings is 3. The van der Waals surface area contributed by atoms with Gasteiger partial charge in [-0.2, -0.15) is 18.3 Å². The first kappa shape index (κ1) is 33.9. The van der Waals surface area contributed by atoms with E-state index in [1.54, 1.807) is 66.7 Å². The van der Waals surface area contributed by atoms with Crippen LogP contribution in [-0.2, 0) is 41.8 Å². The van der Waals surface area contributed by atoms with E-state index < -0.39 is 49.9 Å². The zero-order valence-electron chi connectivity index (χ0n) is 21.5. The molecular formula is C25H26F3N5O7S2. The van der Waals surface area contributed by atoms with Crippen LogP contribution in [0.5, 0.6) is 0 Å². The van der Waals surface area contributed by atoms with E-state index >= 15 is 0 Å². The predicted octanol–water partition coefficient (Wildman–Crippen LogP) is 1.44. The van der Waals surface area contributed by atoms with Gasteiger partial charge >= 0.3 is 12.1 Å². The Morgan fingerprint density at radius 2 is 1.55 bits per heavy atom. The Morgan fingerprint density at radius 1 is 0.952 bits per heavy atom. The van der Waals surface area contributed by atoms with Crippen molar-refractivity contribution in [1.29, 1.82) is 0 Å². The Balaban J connectivity index is 0.000000782. The minimum absolute atomic E-state index is 0.0341. The highest BCUT2D eigenvalue weighted by Gasteiger charge is 2.38. The molecule has 226 valence electrons. The van der Waals surface area contributed by atoms with Crippen LogP contribution in [0, 0.1) is 0 Å². The summed E-state index contributed by atoms with van der Waals surface area (Å²) in [6.07, 6.45) is -3.61. The number of halogens is 3. The van der Waals surface area contributed by atoms with Crippen LogP contribution in [0.2, 0.25) is 0 Å².